The average Bonchev–Trinajstić information content (AvgIpc) is 2.53. The maximum Gasteiger partial charge on any atom is 0.277 e. The lowest BCUT2D eigenvalue weighted by Gasteiger charge is -2.09. The number of carbonyl (C=O) groups excluding carboxylic acids is 1. The van der Waals surface area contributed by atoms with Crippen LogP contribution in [0.4, 0.5) is 0 Å². The third kappa shape index (κ3) is 5.41. The van der Waals surface area contributed by atoms with Crippen molar-refractivity contribution in [3.8, 4) is 11.5 Å². The summed E-state index contributed by atoms with van der Waals surface area (Å²) in [4.78, 5) is 11.7. The number of ether oxygens (including phenoxy) is 1. The number of rotatable bonds is 6. The van der Waals surface area contributed by atoms with Crippen molar-refractivity contribution < 1.29 is 14.6 Å². The van der Waals surface area contributed by atoms with Crippen molar-refractivity contribution in [3.63, 3.8) is 0 Å². The number of phenols is 1. The predicted molar refractivity (Wildman–Crippen MR) is 92.9 cm³/mol. The van der Waals surface area contributed by atoms with Crippen LogP contribution in [0.1, 0.15) is 18.1 Å². The molecule has 0 spiro atoms. The van der Waals surface area contributed by atoms with E-state index >= 15 is 0 Å². The second-order valence-corrected chi connectivity index (χ2v) is 5.70. The molecule has 0 fully saturated rings. The summed E-state index contributed by atoms with van der Waals surface area (Å²) in [6.07, 6.45) is 2.26. The van der Waals surface area contributed by atoms with Gasteiger partial charge in [-0.05, 0) is 47.9 Å². The van der Waals surface area contributed by atoms with Crippen molar-refractivity contribution in [2.24, 2.45) is 5.10 Å². The zero-order valence-corrected chi connectivity index (χ0v) is 14.2. The van der Waals surface area contributed by atoms with Crippen LogP contribution in [0.15, 0.2) is 52.0 Å². The number of nitrogens with zero attached hydrogens (tertiary/aromatic N) is 1. The van der Waals surface area contributed by atoms with E-state index in [2.05, 4.69) is 26.5 Å². The van der Waals surface area contributed by atoms with Gasteiger partial charge in [0.15, 0.2) is 6.61 Å². The third-order valence-electron chi connectivity index (χ3n) is 3.04. The first-order valence-corrected chi connectivity index (χ1v) is 7.90. The second-order valence-electron chi connectivity index (χ2n) is 4.78. The quantitative estimate of drug-likeness (QED) is 0.600. The molecule has 0 aliphatic carbocycles. The summed E-state index contributed by atoms with van der Waals surface area (Å²) in [5.74, 6) is 0.472. The van der Waals surface area contributed by atoms with Crippen LogP contribution in [0, 0.1) is 0 Å². The van der Waals surface area contributed by atoms with Crippen LogP contribution in [-0.4, -0.2) is 23.8 Å². The second kappa shape index (κ2) is 8.33. The van der Waals surface area contributed by atoms with Crippen molar-refractivity contribution in [1.29, 1.82) is 0 Å². The minimum atomic E-state index is -0.355. The van der Waals surface area contributed by atoms with Gasteiger partial charge in [-0.2, -0.15) is 5.10 Å². The van der Waals surface area contributed by atoms with Crippen molar-refractivity contribution >= 4 is 28.1 Å². The molecule has 0 aliphatic rings. The highest BCUT2D eigenvalue weighted by Gasteiger charge is 2.06. The molecule has 2 aromatic rings. The van der Waals surface area contributed by atoms with Crippen molar-refractivity contribution in [3.05, 3.63) is 58.1 Å². The third-order valence-corrected chi connectivity index (χ3v) is 3.53. The maximum atomic E-state index is 11.7. The van der Waals surface area contributed by atoms with E-state index in [0.717, 1.165) is 16.5 Å². The van der Waals surface area contributed by atoms with Crippen LogP contribution in [0.25, 0.3) is 0 Å². The van der Waals surface area contributed by atoms with Gasteiger partial charge in [0.1, 0.15) is 11.5 Å². The summed E-state index contributed by atoms with van der Waals surface area (Å²) >= 11 is 3.41. The van der Waals surface area contributed by atoms with Crippen molar-refractivity contribution in [1.82, 2.24) is 5.43 Å². The minimum absolute atomic E-state index is 0.119. The molecule has 1 amide bonds. The van der Waals surface area contributed by atoms with E-state index in [0.29, 0.717) is 11.3 Å². The van der Waals surface area contributed by atoms with Crippen molar-refractivity contribution in [2.75, 3.05) is 6.61 Å². The molecule has 6 heteroatoms. The lowest BCUT2D eigenvalue weighted by atomic mass is 10.1. The normalized spacial score (nSPS) is 10.7. The average molecular weight is 377 g/mol. The van der Waals surface area contributed by atoms with Gasteiger partial charge in [0.25, 0.3) is 5.91 Å². The predicted octanol–water partition coefficient (Wildman–Crippen LogP) is 3.25. The van der Waals surface area contributed by atoms with Gasteiger partial charge in [-0.3, -0.25) is 4.79 Å². The number of carbonyl (C=O) groups is 1. The number of amides is 1. The highest BCUT2D eigenvalue weighted by Crippen LogP contribution is 2.23. The van der Waals surface area contributed by atoms with E-state index < -0.39 is 0 Å². The van der Waals surface area contributed by atoms with Gasteiger partial charge < -0.3 is 9.84 Å². The highest BCUT2D eigenvalue weighted by atomic mass is 79.9. The van der Waals surface area contributed by atoms with Gasteiger partial charge in [0.05, 0.1) is 6.21 Å². The number of nitrogens with one attached hydrogen (secondary N) is 1. The number of hydrogen-bond donors (Lipinski definition) is 2. The van der Waals surface area contributed by atoms with Crippen LogP contribution < -0.4 is 10.2 Å². The standard InChI is InChI=1S/C17H17BrN2O3/c1-2-13-9-14(18)6-7-16(13)23-11-17(22)20-19-10-12-4-3-5-15(21)8-12/h3-10,21H,2,11H2,1H3,(H,20,22)/b19-10+. The minimum Gasteiger partial charge on any atom is -0.508 e. The molecule has 0 aliphatic heterocycles. The summed E-state index contributed by atoms with van der Waals surface area (Å²) in [6.45, 7) is 1.90. The first-order chi connectivity index (χ1) is 11.1. The summed E-state index contributed by atoms with van der Waals surface area (Å²) in [5, 5.41) is 13.2. The molecule has 0 bridgehead atoms. The number of aryl methyl sites for hydroxylation is 1. The van der Waals surface area contributed by atoms with Gasteiger partial charge in [-0.25, -0.2) is 5.43 Å². The van der Waals surface area contributed by atoms with E-state index in [9.17, 15) is 9.90 Å². The Bertz CT molecular complexity index is 717. The lowest BCUT2D eigenvalue weighted by molar-refractivity contribution is -0.123. The fraction of sp³-hybridized carbons (Fsp3) is 0.176. The monoisotopic (exact) mass is 376 g/mol. The summed E-state index contributed by atoms with van der Waals surface area (Å²) in [6, 6.07) is 12.2. The number of halogens is 1. The van der Waals surface area contributed by atoms with E-state index in [1.54, 1.807) is 24.3 Å². The van der Waals surface area contributed by atoms with Gasteiger partial charge in [0, 0.05) is 4.47 Å². The number of hydrazone groups is 1. The largest absolute Gasteiger partial charge is 0.508 e. The van der Waals surface area contributed by atoms with Gasteiger partial charge in [0.2, 0.25) is 0 Å². The lowest BCUT2D eigenvalue weighted by Crippen LogP contribution is -2.24. The van der Waals surface area contributed by atoms with Crippen molar-refractivity contribution in [2.45, 2.75) is 13.3 Å². The van der Waals surface area contributed by atoms with E-state index in [-0.39, 0.29) is 18.3 Å². The molecular weight excluding hydrogens is 360 g/mol. The zero-order chi connectivity index (χ0) is 16.7. The number of benzene rings is 2. The zero-order valence-electron chi connectivity index (χ0n) is 12.6. The highest BCUT2D eigenvalue weighted by molar-refractivity contribution is 9.10. The summed E-state index contributed by atoms with van der Waals surface area (Å²) in [7, 11) is 0. The van der Waals surface area contributed by atoms with Gasteiger partial charge >= 0.3 is 0 Å². The Kier molecular flexibility index (Phi) is 6.17. The first-order valence-electron chi connectivity index (χ1n) is 7.10. The Morgan fingerprint density at radius 1 is 1.35 bits per heavy atom. The Labute approximate surface area is 143 Å². The first kappa shape index (κ1) is 17.0. The summed E-state index contributed by atoms with van der Waals surface area (Å²) < 4.78 is 6.49. The Hall–Kier alpha value is -2.34. The fourth-order valence-corrected chi connectivity index (χ4v) is 2.33. The number of aromatic hydroxyl groups is 1. The summed E-state index contributed by atoms with van der Waals surface area (Å²) in [5.41, 5.74) is 4.10. The molecule has 0 saturated heterocycles. The van der Waals surface area contributed by atoms with Crippen LogP contribution >= 0.6 is 15.9 Å². The fourth-order valence-electron chi connectivity index (χ4n) is 1.92. The molecule has 23 heavy (non-hydrogen) atoms. The molecule has 0 unspecified atom stereocenters. The smallest absolute Gasteiger partial charge is 0.277 e. The van der Waals surface area contributed by atoms with E-state index in [1.807, 2.05) is 25.1 Å². The van der Waals surface area contributed by atoms with Gasteiger partial charge in [-0.1, -0.05) is 35.0 Å². The van der Waals surface area contributed by atoms with Crippen LogP contribution in [0.5, 0.6) is 11.5 Å². The van der Waals surface area contributed by atoms with Crippen LogP contribution in [0.2, 0.25) is 0 Å². The molecule has 0 heterocycles. The molecule has 0 atom stereocenters. The Morgan fingerprint density at radius 2 is 2.17 bits per heavy atom. The van der Waals surface area contributed by atoms with Gasteiger partial charge in [-0.15, -0.1) is 0 Å². The molecule has 0 radical (unpaired) electrons. The van der Waals surface area contributed by atoms with Crippen LogP contribution in [-0.2, 0) is 11.2 Å². The number of phenolic OH excluding ortho intramolecular Hbond substituents is 1. The number of hydrogen-bond acceptors (Lipinski definition) is 4. The van der Waals surface area contributed by atoms with Crippen LogP contribution in [0.3, 0.4) is 0 Å². The Morgan fingerprint density at radius 3 is 2.91 bits per heavy atom. The Balaban J connectivity index is 1.86. The maximum absolute atomic E-state index is 11.7. The molecule has 120 valence electrons. The molecular formula is C17H17BrN2O3. The molecule has 2 aromatic carbocycles. The molecule has 5 nitrogen and oxygen atoms in total. The topological polar surface area (TPSA) is 70.9 Å². The molecule has 0 saturated carbocycles. The molecule has 2 N–H and O–H groups in total. The van der Waals surface area contributed by atoms with E-state index in [1.165, 1.54) is 6.21 Å². The van der Waals surface area contributed by atoms with E-state index in [4.69, 9.17) is 4.74 Å². The molecule has 0 aromatic heterocycles. The molecule has 2 rings (SSSR count). The SMILES string of the molecule is CCc1cc(Br)ccc1OCC(=O)N/N=C/c1cccc(O)c1.